The number of phenols is 1. The van der Waals surface area contributed by atoms with Gasteiger partial charge in [-0.05, 0) is 49.3 Å². The topological polar surface area (TPSA) is 52.5 Å². The number of nitrogens with one attached hydrogen (secondary N) is 1. The summed E-state index contributed by atoms with van der Waals surface area (Å²) in [6, 6.07) is 7.73. The van der Waals surface area contributed by atoms with Crippen molar-refractivity contribution in [3.05, 3.63) is 29.8 Å². The number of hydrogen-bond acceptors (Lipinski definition) is 3. The second kappa shape index (κ2) is 7.65. The second-order valence-electron chi connectivity index (χ2n) is 6.93. The van der Waals surface area contributed by atoms with E-state index in [0.29, 0.717) is 18.3 Å². The standard InChI is InChI=1S/C17H29NO2/c1-13(18-12-16(20)11-17(2,3)4)5-6-14-7-9-15(19)10-8-14/h7-10,13,16,18-20H,5-6,11-12H2,1-4H3. The summed E-state index contributed by atoms with van der Waals surface area (Å²) in [4.78, 5) is 0. The molecule has 3 nitrogen and oxygen atoms in total. The fraction of sp³-hybridized carbons (Fsp3) is 0.647. The molecule has 2 unspecified atom stereocenters. The maximum Gasteiger partial charge on any atom is 0.115 e. The smallest absolute Gasteiger partial charge is 0.115 e. The minimum Gasteiger partial charge on any atom is -0.508 e. The van der Waals surface area contributed by atoms with Crippen LogP contribution in [0.4, 0.5) is 0 Å². The predicted octanol–water partition coefficient (Wildman–Crippen LogP) is 3.10. The van der Waals surface area contributed by atoms with Gasteiger partial charge in [0, 0.05) is 12.6 Å². The van der Waals surface area contributed by atoms with Gasteiger partial charge in [0.15, 0.2) is 0 Å². The van der Waals surface area contributed by atoms with Gasteiger partial charge in [0.2, 0.25) is 0 Å². The average Bonchev–Trinajstić information content (AvgIpc) is 2.33. The van der Waals surface area contributed by atoms with Crippen LogP contribution in [0.25, 0.3) is 0 Å². The summed E-state index contributed by atoms with van der Waals surface area (Å²) in [5.41, 5.74) is 1.39. The van der Waals surface area contributed by atoms with E-state index in [1.54, 1.807) is 12.1 Å². The molecule has 1 rings (SSSR count). The first-order valence-electron chi connectivity index (χ1n) is 7.45. The Morgan fingerprint density at radius 3 is 2.30 bits per heavy atom. The third-order valence-electron chi connectivity index (χ3n) is 3.35. The number of aliphatic hydroxyl groups is 1. The zero-order valence-corrected chi connectivity index (χ0v) is 13.2. The highest BCUT2D eigenvalue weighted by Crippen LogP contribution is 2.20. The molecule has 3 heteroatoms. The molecule has 0 radical (unpaired) electrons. The van der Waals surface area contributed by atoms with Gasteiger partial charge in [0.1, 0.15) is 5.75 Å². The Balaban J connectivity index is 2.23. The van der Waals surface area contributed by atoms with E-state index in [4.69, 9.17) is 0 Å². The van der Waals surface area contributed by atoms with Crippen LogP contribution in [0.5, 0.6) is 5.75 Å². The van der Waals surface area contributed by atoms with Crippen molar-refractivity contribution in [2.24, 2.45) is 5.41 Å². The number of phenolic OH excluding ortho intramolecular Hbond substituents is 1. The van der Waals surface area contributed by atoms with Gasteiger partial charge in [0.05, 0.1) is 6.10 Å². The monoisotopic (exact) mass is 279 g/mol. The number of benzene rings is 1. The van der Waals surface area contributed by atoms with Crippen molar-refractivity contribution in [3.63, 3.8) is 0 Å². The molecule has 0 amide bonds. The molecule has 0 saturated carbocycles. The maximum atomic E-state index is 9.96. The Labute approximate surface area is 123 Å². The molecule has 0 spiro atoms. The molecule has 0 heterocycles. The van der Waals surface area contributed by atoms with Gasteiger partial charge in [-0.1, -0.05) is 32.9 Å². The molecule has 0 saturated heterocycles. The van der Waals surface area contributed by atoms with Crippen LogP contribution < -0.4 is 5.32 Å². The van der Waals surface area contributed by atoms with E-state index in [0.717, 1.165) is 19.3 Å². The number of rotatable bonds is 7. The molecule has 0 aliphatic rings. The number of aromatic hydroxyl groups is 1. The van der Waals surface area contributed by atoms with Gasteiger partial charge in [-0.25, -0.2) is 0 Å². The van der Waals surface area contributed by atoms with E-state index in [1.165, 1.54) is 5.56 Å². The van der Waals surface area contributed by atoms with E-state index in [2.05, 4.69) is 33.0 Å². The van der Waals surface area contributed by atoms with Crippen LogP contribution in [0.2, 0.25) is 0 Å². The fourth-order valence-corrected chi connectivity index (χ4v) is 2.26. The van der Waals surface area contributed by atoms with Crippen LogP contribution in [0, 0.1) is 5.41 Å². The van der Waals surface area contributed by atoms with Crippen LogP contribution in [0.1, 0.15) is 46.1 Å². The normalized spacial score (nSPS) is 15.1. The first-order valence-corrected chi connectivity index (χ1v) is 7.45. The van der Waals surface area contributed by atoms with Crippen LogP contribution in [-0.4, -0.2) is 28.9 Å². The van der Waals surface area contributed by atoms with Crippen molar-refractivity contribution < 1.29 is 10.2 Å². The SMILES string of the molecule is CC(CCc1ccc(O)cc1)NCC(O)CC(C)(C)C. The molecule has 1 aromatic rings. The van der Waals surface area contributed by atoms with Gasteiger partial charge < -0.3 is 15.5 Å². The molecule has 0 aliphatic heterocycles. The summed E-state index contributed by atoms with van der Waals surface area (Å²) in [5, 5.41) is 22.6. The largest absolute Gasteiger partial charge is 0.508 e. The molecule has 114 valence electrons. The summed E-state index contributed by atoms with van der Waals surface area (Å²) >= 11 is 0. The molecule has 3 N–H and O–H groups in total. The van der Waals surface area contributed by atoms with E-state index in [1.807, 2.05) is 12.1 Å². The van der Waals surface area contributed by atoms with Crippen molar-refractivity contribution >= 4 is 0 Å². The van der Waals surface area contributed by atoms with Gasteiger partial charge >= 0.3 is 0 Å². The molecule has 0 aromatic heterocycles. The van der Waals surface area contributed by atoms with Gasteiger partial charge in [-0.3, -0.25) is 0 Å². The highest BCUT2D eigenvalue weighted by atomic mass is 16.3. The Hall–Kier alpha value is -1.06. The van der Waals surface area contributed by atoms with E-state index >= 15 is 0 Å². The number of hydrogen-bond donors (Lipinski definition) is 3. The average molecular weight is 279 g/mol. The molecule has 2 atom stereocenters. The van der Waals surface area contributed by atoms with Gasteiger partial charge in [0.25, 0.3) is 0 Å². The highest BCUT2D eigenvalue weighted by Gasteiger charge is 2.16. The minimum absolute atomic E-state index is 0.163. The Kier molecular flexibility index (Phi) is 6.50. The van der Waals surface area contributed by atoms with Crippen LogP contribution in [-0.2, 0) is 6.42 Å². The fourth-order valence-electron chi connectivity index (χ4n) is 2.26. The van der Waals surface area contributed by atoms with Crippen LogP contribution in [0.15, 0.2) is 24.3 Å². The first-order chi connectivity index (χ1) is 9.26. The van der Waals surface area contributed by atoms with Crippen molar-refractivity contribution in [3.8, 4) is 5.75 Å². The number of aliphatic hydroxyl groups excluding tert-OH is 1. The highest BCUT2D eigenvalue weighted by molar-refractivity contribution is 5.25. The van der Waals surface area contributed by atoms with Crippen LogP contribution >= 0.6 is 0 Å². The molecule has 0 bridgehead atoms. The second-order valence-corrected chi connectivity index (χ2v) is 6.93. The molecular formula is C17H29NO2. The quantitative estimate of drug-likeness (QED) is 0.719. The lowest BCUT2D eigenvalue weighted by atomic mass is 9.89. The molecule has 0 fully saturated rings. The summed E-state index contributed by atoms with van der Waals surface area (Å²) < 4.78 is 0. The summed E-state index contributed by atoms with van der Waals surface area (Å²) in [7, 11) is 0. The Morgan fingerprint density at radius 1 is 1.15 bits per heavy atom. The van der Waals surface area contributed by atoms with E-state index in [9.17, 15) is 10.2 Å². The van der Waals surface area contributed by atoms with E-state index < -0.39 is 0 Å². The Bertz CT molecular complexity index is 381. The van der Waals surface area contributed by atoms with E-state index in [-0.39, 0.29) is 11.5 Å². The van der Waals surface area contributed by atoms with Crippen molar-refractivity contribution in [2.45, 2.75) is 59.1 Å². The maximum absolute atomic E-state index is 9.96. The third kappa shape index (κ3) is 7.51. The van der Waals surface area contributed by atoms with Crippen molar-refractivity contribution in [1.29, 1.82) is 0 Å². The van der Waals surface area contributed by atoms with Gasteiger partial charge in [-0.15, -0.1) is 0 Å². The minimum atomic E-state index is -0.286. The molecule has 0 aliphatic carbocycles. The predicted molar refractivity (Wildman–Crippen MR) is 84.0 cm³/mol. The van der Waals surface area contributed by atoms with Crippen molar-refractivity contribution in [1.82, 2.24) is 5.32 Å². The Morgan fingerprint density at radius 2 is 1.75 bits per heavy atom. The molecular weight excluding hydrogens is 250 g/mol. The van der Waals surface area contributed by atoms with Crippen molar-refractivity contribution in [2.75, 3.05) is 6.54 Å². The lowest BCUT2D eigenvalue weighted by Crippen LogP contribution is -2.35. The summed E-state index contributed by atoms with van der Waals surface area (Å²) in [5.74, 6) is 0.310. The summed E-state index contributed by atoms with van der Waals surface area (Å²) in [6.45, 7) is 9.22. The zero-order chi connectivity index (χ0) is 15.2. The third-order valence-corrected chi connectivity index (χ3v) is 3.35. The lowest BCUT2D eigenvalue weighted by molar-refractivity contribution is 0.117. The molecule has 20 heavy (non-hydrogen) atoms. The number of aryl methyl sites for hydroxylation is 1. The zero-order valence-electron chi connectivity index (χ0n) is 13.2. The lowest BCUT2D eigenvalue weighted by Gasteiger charge is -2.24. The molecule has 1 aromatic carbocycles. The van der Waals surface area contributed by atoms with Gasteiger partial charge in [-0.2, -0.15) is 0 Å². The van der Waals surface area contributed by atoms with Crippen LogP contribution in [0.3, 0.4) is 0 Å². The summed E-state index contributed by atoms with van der Waals surface area (Å²) in [6.07, 6.45) is 2.52. The first kappa shape index (κ1) is 17.0.